The lowest BCUT2D eigenvalue weighted by atomic mass is 9.96. The molecule has 0 spiro atoms. The lowest BCUT2D eigenvalue weighted by molar-refractivity contribution is -0.896. The Kier molecular flexibility index (Phi) is 5.04. The predicted octanol–water partition coefficient (Wildman–Crippen LogP) is -2.53. The maximum absolute atomic E-state index is 14.8. The summed E-state index contributed by atoms with van der Waals surface area (Å²) in [6, 6.07) is 3.07. The van der Waals surface area contributed by atoms with Crippen LogP contribution >= 0.6 is 11.8 Å². The van der Waals surface area contributed by atoms with Gasteiger partial charge in [0.25, 0.3) is 0 Å². The Morgan fingerprint density at radius 2 is 2.11 bits per heavy atom. The van der Waals surface area contributed by atoms with Gasteiger partial charge < -0.3 is 15.2 Å². The highest BCUT2D eigenvalue weighted by atomic mass is 32.2. The Bertz CT molecular complexity index is 838. The first-order valence-corrected chi connectivity index (χ1v) is 10.0. The zero-order chi connectivity index (χ0) is 19.1. The van der Waals surface area contributed by atoms with Crippen LogP contribution in [0.2, 0.25) is 0 Å². The summed E-state index contributed by atoms with van der Waals surface area (Å²) in [4.78, 5) is 27.3. The molecule has 0 bridgehead atoms. The molecule has 27 heavy (non-hydrogen) atoms. The second kappa shape index (κ2) is 7.33. The average Bonchev–Trinajstić information content (AvgIpc) is 2.66. The number of aliphatic hydroxyl groups excluding tert-OH is 1. The van der Waals surface area contributed by atoms with Gasteiger partial charge in [-0.05, 0) is 24.8 Å². The lowest BCUT2D eigenvalue weighted by Crippen LogP contribution is -3.17. The number of Topliss-reactive ketones (excluding diaryl/α,β-unsaturated/α-hetero) is 1. The Morgan fingerprint density at radius 3 is 2.78 bits per heavy atom. The summed E-state index contributed by atoms with van der Waals surface area (Å²) in [5.41, 5.74) is 1.51. The number of hydrogen-bond acceptors (Lipinski definition) is 5. The van der Waals surface area contributed by atoms with Crippen LogP contribution < -0.4 is 15.1 Å². The quantitative estimate of drug-likeness (QED) is 0.333. The number of ether oxygens (including phenoxy) is 1. The summed E-state index contributed by atoms with van der Waals surface area (Å²) in [6.07, 6.45) is 0. The van der Waals surface area contributed by atoms with E-state index >= 15 is 0 Å². The van der Waals surface area contributed by atoms with Crippen LogP contribution in [-0.2, 0) is 9.53 Å². The van der Waals surface area contributed by atoms with Crippen molar-refractivity contribution in [3.05, 3.63) is 34.1 Å². The number of carbonyl (C=O) groups is 2. The van der Waals surface area contributed by atoms with Gasteiger partial charge in [-0.2, -0.15) is 0 Å². The molecule has 2 unspecified atom stereocenters. The molecule has 7 nitrogen and oxygen atoms in total. The molecule has 0 aliphatic carbocycles. The van der Waals surface area contributed by atoms with E-state index in [4.69, 9.17) is 9.84 Å². The van der Waals surface area contributed by atoms with Crippen molar-refractivity contribution in [3.8, 4) is 0 Å². The second-order valence-electron chi connectivity index (χ2n) is 6.91. The van der Waals surface area contributed by atoms with Crippen molar-refractivity contribution in [3.63, 3.8) is 0 Å². The fraction of sp³-hybridized carbons (Fsp3) is 0.444. The monoisotopic (exact) mass is 396 g/mol. The van der Waals surface area contributed by atoms with Crippen molar-refractivity contribution in [2.24, 2.45) is 0 Å². The summed E-state index contributed by atoms with van der Waals surface area (Å²) in [7, 11) is 0. The van der Waals surface area contributed by atoms with E-state index in [9.17, 15) is 14.0 Å². The number of quaternary nitrogens is 3. The minimum absolute atomic E-state index is 0.0406. The van der Waals surface area contributed by atoms with Gasteiger partial charge in [0.15, 0.2) is 33.2 Å². The number of ketones is 1. The molecule has 3 heterocycles. The van der Waals surface area contributed by atoms with E-state index < -0.39 is 17.6 Å². The van der Waals surface area contributed by atoms with E-state index in [2.05, 4.69) is 5.32 Å². The number of halogens is 1. The van der Waals surface area contributed by atoms with Gasteiger partial charge in [-0.25, -0.2) is 9.18 Å². The fourth-order valence-electron chi connectivity index (χ4n) is 3.94. The van der Waals surface area contributed by atoms with Crippen LogP contribution in [-0.4, -0.2) is 61.6 Å². The van der Waals surface area contributed by atoms with Crippen molar-refractivity contribution in [1.29, 1.82) is 0 Å². The Morgan fingerprint density at radius 1 is 1.37 bits per heavy atom. The van der Waals surface area contributed by atoms with Crippen LogP contribution in [0.1, 0.15) is 17.3 Å². The maximum atomic E-state index is 14.8. The third kappa shape index (κ3) is 3.09. The Hall–Kier alpha value is -1.78. The van der Waals surface area contributed by atoms with E-state index in [1.54, 1.807) is 6.07 Å². The smallest absolute Gasteiger partial charge is 0.349 e. The molecule has 2 atom stereocenters. The highest BCUT2D eigenvalue weighted by Crippen LogP contribution is 2.38. The van der Waals surface area contributed by atoms with E-state index in [0.717, 1.165) is 41.7 Å². The molecule has 3 aliphatic heterocycles. The highest BCUT2D eigenvalue weighted by Gasteiger charge is 2.51. The molecule has 3 aliphatic rings. The van der Waals surface area contributed by atoms with Crippen molar-refractivity contribution in [1.82, 2.24) is 0 Å². The van der Waals surface area contributed by atoms with Crippen molar-refractivity contribution >= 4 is 34.9 Å². The van der Waals surface area contributed by atoms with Gasteiger partial charge in [0.1, 0.15) is 32.8 Å². The number of rotatable bonds is 4. The number of thioether (sulfide) groups is 1. The van der Waals surface area contributed by atoms with Crippen LogP contribution in [0.25, 0.3) is 0 Å². The summed E-state index contributed by atoms with van der Waals surface area (Å²) < 4.78 is 19.8. The number of esters is 1. The minimum atomic E-state index is -0.756. The molecule has 2 fully saturated rings. The summed E-state index contributed by atoms with van der Waals surface area (Å²) in [5, 5.41) is 11.8. The topological polar surface area (TPSA) is 89.1 Å². The summed E-state index contributed by atoms with van der Waals surface area (Å²) in [6.45, 7) is 5.08. The van der Waals surface area contributed by atoms with Crippen LogP contribution in [0.4, 0.5) is 15.8 Å². The average molecular weight is 396 g/mol. The number of carbonyl (C=O) groups excluding carboxylic acids is 2. The standard InChI is InChI=1S/C18H20FN3O4S/c1-10-22-13-9-14(21-4-2-20-3-5-21)12(19)8-11(13)16(24)15(17(22)27-10)18(25)26-7-6-23/h8-10,20,23H,2-7H2,1H3/p+3. The Labute approximate surface area is 160 Å². The third-order valence-corrected chi connectivity index (χ3v) is 6.50. The molecule has 1 aromatic carbocycles. The minimum Gasteiger partial charge on any atom is -0.459 e. The molecule has 5 N–H and O–H groups in total. The molecular formula is C18H23FN3O4S+3. The molecule has 0 amide bonds. The van der Waals surface area contributed by atoms with Gasteiger partial charge >= 0.3 is 5.97 Å². The van der Waals surface area contributed by atoms with Crippen LogP contribution in [0.5, 0.6) is 0 Å². The van der Waals surface area contributed by atoms with E-state index in [1.165, 1.54) is 17.8 Å². The molecule has 2 saturated heterocycles. The molecule has 1 aromatic rings. The van der Waals surface area contributed by atoms with Crippen molar-refractivity contribution < 1.29 is 38.9 Å². The van der Waals surface area contributed by atoms with Gasteiger partial charge in [0.2, 0.25) is 5.78 Å². The maximum Gasteiger partial charge on any atom is 0.349 e. The van der Waals surface area contributed by atoms with Gasteiger partial charge in [-0.15, -0.1) is 0 Å². The van der Waals surface area contributed by atoms with Gasteiger partial charge in [0, 0.05) is 0 Å². The highest BCUT2D eigenvalue weighted by molar-refractivity contribution is 8.04. The summed E-state index contributed by atoms with van der Waals surface area (Å²) >= 11 is 1.45. The first kappa shape index (κ1) is 18.6. The van der Waals surface area contributed by atoms with E-state index in [1.807, 2.05) is 6.92 Å². The number of piperazine rings is 1. The largest absolute Gasteiger partial charge is 0.459 e. The first-order chi connectivity index (χ1) is 13.0. The Balaban J connectivity index is 1.74. The van der Waals surface area contributed by atoms with Crippen LogP contribution in [0.3, 0.4) is 0 Å². The molecule has 0 saturated carbocycles. The molecular weight excluding hydrogens is 373 g/mol. The molecule has 9 heteroatoms. The lowest BCUT2D eigenvalue weighted by Gasteiger charge is -2.39. The molecule has 0 radical (unpaired) electrons. The van der Waals surface area contributed by atoms with Crippen molar-refractivity contribution in [2.75, 3.05) is 39.4 Å². The number of hydrogen-bond donors (Lipinski definition) is 4. The van der Waals surface area contributed by atoms with E-state index in [-0.39, 0.29) is 29.7 Å². The van der Waals surface area contributed by atoms with Gasteiger partial charge in [-0.1, -0.05) is 0 Å². The second-order valence-corrected chi connectivity index (χ2v) is 8.26. The van der Waals surface area contributed by atoms with Gasteiger partial charge in [-0.3, -0.25) is 14.6 Å². The first-order valence-electron chi connectivity index (χ1n) is 9.14. The normalized spacial score (nSPS) is 24.9. The number of nitrogens with one attached hydrogen (secondary N) is 2. The number of aliphatic hydroxyl groups is 1. The zero-order valence-electron chi connectivity index (χ0n) is 15.0. The van der Waals surface area contributed by atoms with Gasteiger partial charge in [0.05, 0.1) is 18.2 Å². The number of nitrogens with two attached hydrogens (primary N) is 1. The van der Waals surface area contributed by atoms with Crippen LogP contribution in [0.15, 0.2) is 22.7 Å². The predicted molar refractivity (Wildman–Crippen MR) is 95.5 cm³/mol. The van der Waals surface area contributed by atoms with Crippen molar-refractivity contribution in [2.45, 2.75) is 12.3 Å². The number of benzene rings is 1. The SMILES string of the molecule is CC1SC2=C(C(=O)OCCO)C(=O)c3cc(F)c([NH+]4CC[NH2+]CC4)cc3[NH+]21. The van der Waals surface area contributed by atoms with Crippen LogP contribution in [0, 0.1) is 5.82 Å². The molecule has 0 aromatic heterocycles. The molecule has 4 rings (SSSR count). The molecule has 144 valence electrons. The number of fused-ring (bicyclic) bond motifs is 3. The summed E-state index contributed by atoms with van der Waals surface area (Å²) in [5.74, 6) is -1.67. The third-order valence-electron chi connectivity index (χ3n) is 5.25. The zero-order valence-corrected chi connectivity index (χ0v) is 15.8. The van der Waals surface area contributed by atoms with E-state index in [0.29, 0.717) is 10.7 Å². The fourth-order valence-corrected chi connectivity index (χ4v) is 5.18.